The largest absolute Gasteiger partial charge is 0.390 e. The third-order valence-corrected chi connectivity index (χ3v) is 7.45. The minimum atomic E-state index is -3.84. The first-order valence-corrected chi connectivity index (χ1v) is 12.1. The molecule has 4 rings (SSSR count). The second-order valence-corrected chi connectivity index (χ2v) is 10.1. The summed E-state index contributed by atoms with van der Waals surface area (Å²) in [4.78, 5) is 11.6. The molecule has 3 aromatic carbocycles. The minimum Gasteiger partial charge on any atom is -0.390 e. The van der Waals surface area contributed by atoms with Gasteiger partial charge in [0, 0.05) is 42.3 Å². The van der Waals surface area contributed by atoms with Gasteiger partial charge < -0.3 is 9.67 Å². The molecule has 0 saturated carbocycles. The summed E-state index contributed by atoms with van der Waals surface area (Å²) in [7, 11) is -3.84. The van der Waals surface area contributed by atoms with Crippen LogP contribution < -0.4 is 0 Å². The number of fused-ring (bicyclic) bond motifs is 1. The number of aromatic nitrogens is 1. The molecule has 1 N–H and O–H groups in total. The number of carbonyl (C=O) groups is 1. The van der Waals surface area contributed by atoms with Crippen LogP contribution in [0.3, 0.4) is 0 Å². The predicted octanol–water partition coefficient (Wildman–Crippen LogP) is 4.01. The molecular formula is C26H26N2O4S. The van der Waals surface area contributed by atoms with Crippen molar-refractivity contribution in [3.8, 4) is 0 Å². The minimum absolute atomic E-state index is 0.0893. The molecule has 33 heavy (non-hydrogen) atoms. The summed E-state index contributed by atoms with van der Waals surface area (Å²) in [5.74, 6) is 0. The molecule has 1 aromatic heterocycles. The Morgan fingerprint density at radius 3 is 2.33 bits per heavy atom. The maximum absolute atomic E-state index is 13.5. The van der Waals surface area contributed by atoms with Crippen LogP contribution in [0.4, 0.5) is 0 Å². The van der Waals surface area contributed by atoms with E-state index >= 15 is 0 Å². The van der Waals surface area contributed by atoms with Gasteiger partial charge in [-0.3, -0.25) is 4.79 Å². The molecule has 0 aliphatic heterocycles. The molecule has 0 saturated heterocycles. The summed E-state index contributed by atoms with van der Waals surface area (Å²) in [6.07, 6.45) is 1.50. The van der Waals surface area contributed by atoms with Crippen LogP contribution in [0.5, 0.6) is 0 Å². The van der Waals surface area contributed by atoms with Crippen molar-refractivity contribution in [2.75, 3.05) is 6.54 Å². The zero-order chi connectivity index (χ0) is 23.4. The van der Waals surface area contributed by atoms with Crippen molar-refractivity contribution in [2.24, 2.45) is 0 Å². The molecule has 7 heteroatoms. The highest BCUT2D eigenvalue weighted by Gasteiger charge is 2.27. The van der Waals surface area contributed by atoms with Crippen LogP contribution in [0.25, 0.3) is 10.9 Å². The SMILES string of the molecule is Cc1ccc(S(=O)(=O)N(Cc2ccccc2)C[C@H](O)Cn2cc(C=O)c3ccccc32)cc1. The summed E-state index contributed by atoms with van der Waals surface area (Å²) < 4.78 is 30.0. The van der Waals surface area contributed by atoms with Crippen LogP contribution in [-0.4, -0.2) is 41.3 Å². The molecule has 4 aromatic rings. The smallest absolute Gasteiger partial charge is 0.243 e. The number of benzene rings is 3. The fourth-order valence-electron chi connectivity index (χ4n) is 3.93. The summed E-state index contributed by atoms with van der Waals surface area (Å²) in [5.41, 5.74) is 3.14. The monoisotopic (exact) mass is 462 g/mol. The Hall–Kier alpha value is -3.26. The average molecular weight is 463 g/mol. The Labute approximate surface area is 193 Å². The normalized spacial score (nSPS) is 12.8. The quantitative estimate of drug-likeness (QED) is 0.381. The van der Waals surface area contributed by atoms with Gasteiger partial charge in [0.25, 0.3) is 0 Å². The second kappa shape index (κ2) is 9.70. The van der Waals surface area contributed by atoms with Gasteiger partial charge in [0.15, 0.2) is 6.29 Å². The lowest BCUT2D eigenvalue weighted by Crippen LogP contribution is -2.38. The number of aryl methyl sites for hydroxylation is 1. The Kier molecular flexibility index (Phi) is 6.74. The molecule has 0 aliphatic rings. The molecule has 1 heterocycles. The van der Waals surface area contributed by atoms with Crippen molar-refractivity contribution in [1.29, 1.82) is 0 Å². The van der Waals surface area contributed by atoms with Gasteiger partial charge in [0.05, 0.1) is 11.0 Å². The molecule has 0 bridgehead atoms. The van der Waals surface area contributed by atoms with Crippen molar-refractivity contribution < 1.29 is 18.3 Å². The van der Waals surface area contributed by atoms with Crippen molar-refractivity contribution >= 4 is 27.2 Å². The third kappa shape index (κ3) is 5.06. The number of hydrogen-bond donors (Lipinski definition) is 1. The number of sulfonamides is 1. The van der Waals surface area contributed by atoms with E-state index in [4.69, 9.17) is 0 Å². The van der Waals surface area contributed by atoms with Gasteiger partial charge in [-0.15, -0.1) is 0 Å². The summed E-state index contributed by atoms with van der Waals surface area (Å²) in [6.45, 7) is 2.11. The maximum atomic E-state index is 13.5. The van der Waals surface area contributed by atoms with Gasteiger partial charge in [-0.2, -0.15) is 4.31 Å². The lowest BCUT2D eigenvalue weighted by Gasteiger charge is -2.25. The van der Waals surface area contributed by atoms with E-state index in [9.17, 15) is 18.3 Å². The predicted molar refractivity (Wildman–Crippen MR) is 129 cm³/mol. The van der Waals surface area contributed by atoms with Gasteiger partial charge in [-0.05, 0) is 30.7 Å². The van der Waals surface area contributed by atoms with E-state index in [0.29, 0.717) is 5.56 Å². The molecule has 6 nitrogen and oxygen atoms in total. The third-order valence-electron chi connectivity index (χ3n) is 5.63. The van der Waals surface area contributed by atoms with Crippen LogP contribution in [0, 0.1) is 6.92 Å². The molecular weight excluding hydrogens is 436 g/mol. The maximum Gasteiger partial charge on any atom is 0.243 e. The number of aliphatic hydroxyl groups is 1. The van der Waals surface area contributed by atoms with Crippen LogP contribution in [0.1, 0.15) is 21.5 Å². The number of hydrogen-bond acceptors (Lipinski definition) is 4. The van der Waals surface area contributed by atoms with E-state index < -0.39 is 16.1 Å². The fraction of sp³-hybridized carbons (Fsp3) is 0.192. The van der Waals surface area contributed by atoms with Crippen molar-refractivity contribution in [2.45, 2.75) is 31.0 Å². The lowest BCUT2D eigenvalue weighted by atomic mass is 10.2. The summed E-state index contributed by atoms with van der Waals surface area (Å²) in [6, 6.07) is 23.5. The Bertz CT molecular complexity index is 1350. The first-order chi connectivity index (χ1) is 15.9. The van der Waals surface area contributed by atoms with E-state index in [2.05, 4.69) is 0 Å². The van der Waals surface area contributed by atoms with Crippen LogP contribution in [0.15, 0.2) is 90.0 Å². The van der Waals surface area contributed by atoms with Crippen LogP contribution in [-0.2, 0) is 23.1 Å². The van der Waals surface area contributed by atoms with Gasteiger partial charge >= 0.3 is 0 Å². The Morgan fingerprint density at radius 1 is 0.970 bits per heavy atom. The molecule has 0 radical (unpaired) electrons. The van der Waals surface area contributed by atoms with Crippen molar-refractivity contribution in [3.05, 3.63) is 102 Å². The highest BCUT2D eigenvalue weighted by molar-refractivity contribution is 7.89. The van der Waals surface area contributed by atoms with Crippen molar-refractivity contribution in [3.63, 3.8) is 0 Å². The highest BCUT2D eigenvalue weighted by atomic mass is 32.2. The summed E-state index contributed by atoms with van der Waals surface area (Å²) in [5, 5.41) is 11.7. The lowest BCUT2D eigenvalue weighted by molar-refractivity contribution is 0.112. The van der Waals surface area contributed by atoms with E-state index in [-0.39, 0.29) is 24.5 Å². The van der Waals surface area contributed by atoms with E-state index in [0.717, 1.165) is 28.3 Å². The average Bonchev–Trinajstić information content (AvgIpc) is 3.17. The first kappa shape index (κ1) is 22.9. The van der Waals surface area contributed by atoms with Gasteiger partial charge in [0.1, 0.15) is 0 Å². The molecule has 0 fully saturated rings. The summed E-state index contributed by atoms with van der Waals surface area (Å²) >= 11 is 0. The first-order valence-electron chi connectivity index (χ1n) is 10.7. The standard InChI is InChI=1S/C26H26N2O4S/c1-20-11-13-24(14-12-20)33(31,32)28(15-21-7-3-2-4-8-21)18-23(30)17-27-16-22(19-29)25-9-5-6-10-26(25)27/h2-14,16,19,23,30H,15,17-18H2,1H3/t23-/m1/s1. The number of rotatable bonds is 9. The zero-order valence-corrected chi connectivity index (χ0v) is 19.2. The van der Waals surface area contributed by atoms with E-state index in [1.54, 1.807) is 35.0 Å². The number of carbonyl (C=O) groups excluding carboxylic acids is 1. The number of para-hydroxylation sites is 1. The van der Waals surface area contributed by atoms with Gasteiger partial charge in [-0.25, -0.2) is 8.42 Å². The van der Waals surface area contributed by atoms with Crippen LogP contribution in [0.2, 0.25) is 0 Å². The highest BCUT2D eigenvalue weighted by Crippen LogP contribution is 2.22. The Morgan fingerprint density at radius 2 is 1.64 bits per heavy atom. The Balaban J connectivity index is 1.62. The second-order valence-electron chi connectivity index (χ2n) is 8.12. The van der Waals surface area contributed by atoms with Gasteiger partial charge in [-0.1, -0.05) is 66.2 Å². The fourth-order valence-corrected chi connectivity index (χ4v) is 5.40. The molecule has 0 unspecified atom stereocenters. The number of aldehydes is 1. The number of nitrogens with zero attached hydrogens (tertiary/aromatic N) is 2. The number of aliphatic hydroxyl groups excluding tert-OH is 1. The van der Waals surface area contributed by atoms with E-state index in [1.807, 2.05) is 61.5 Å². The van der Waals surface area contributed by atoms with Crippen LogP contribution >= 0.6 is 0 Å². The molecule has 1 atom stereocenters. The van der Waals surface area contributed by atoms with Gasteiger partial charge in [0.2, 0.25) is 10.0 Å². The van der Waals surface area contributed by atoms with E-state index in [1.165, 1.54) is 4.31 Å². The topological polar surface area (TPSA) is 79.6 Å². The zero-order valence-electron chi connectivity index (χ0n) is 18.3. The molecule has 0 aliphatic carbocycles. The van der Waals surface area contributed by atoms with Crippen molar-refractivity contribution in [1.82, 2.24) is 8.87 Å². The molecule has 170 valence electrons. The molecule has 0 spiro atoms. The molecule has 0 amide bonds.